The quantitative estimate of drug-likeness (QED) is 0.0952. The van der Waals surface area contributed by atoms with Crippen molar-refractivity contribution in [3.05, 3.63) is 143 Å². The second-order valence-electron chi connectivity index (χ2n) is 20.3. The molecule has 0 aromatic carbocycles. The number of carbonyl (C=O) groups excluding carboxylic acids is 2. The minimum absolute atomic E-state index is 0. The van der Waals surface area contributed by atoms with Gasteiger partial charge in [-0.15, -0.1) is 17.5 Å². The summed E-state index contributed by atoms with van der Waals surface area (Å²) in [7, 11) is -2.89. The maximum atomic E-state index is 11.2. The molecule has 0 spiro atoms. The van der Waals surface area contributed by atoms with Crippen LogP contribution in [-0.2, 0) is 0 Å². The molecule has 2 atom stereocenters. The molecule has 0 radical (unpaired) electrons. The van der Waals surface area contributed by atoms with E-state index in [1.807, 2.05) is 63.5 Å². The zero-order chi connectivity index (χ0) is 50.7. The number of carbonyl (C=O) groups is 2. The van der Waals surface area contributed by atoms with E-state index >= 15 is 0 Å². The van der Waals surface area contributed by atoms with E-state index in [4.69, 9.17) is 6.42 Å². The van der Waals surface area contributed by atoms with Gasteiger partial charge < -0.3 is 10.2 Å². The average Bonchev–Trinajstić information content (AvgIpc) is 4.23. The highest BCUT2D eigenvalue weighted by molar-refractivity contribution is 9.10. The van der Waals surface area contributed by atoms with Gasteiger partial charge in [-0.1, -0.05) is 103 Å². The third-order valence-electron chi connectivity index (χ3n) is 12.7. The second kappa shape index (κ2) is 24.8. The molecule has 0 saturated heterocycles. The van der Waals surface area contributed by atoms with Gasteiger partial charge in [-0.2, -0.15) is 0 Å². The lowest BCUT2D eigenvalue weighted by Crippen LogP contribution is -2.20. The molecule has 2 aliphatic rings. The van der Waals surface area contributed by atoms with Gasteiger partial charge in [0, 0.05) is 15.6 Å². The van der Waals surface area contributed by atoms with E-state index in [0.717, 1.165) is 92.9 Å². The topological polar surface area (TPSA) is 144 Å². The largest absolute Gasteiger partial charge is 0.387 e. The Labute approximate surface area is 434 Å². The van der Waals surface area contributed by atoms with E-state index in [1.165, 1.54) is 38.5 Å². The zero-order valence-corrected chi connectivity index (χ0v) is 45.1. The molecule has 2 N–H and O–H groups in total. The van der Waals surface area contributed by atoms with Gasteiger partial charge >= 0.3 is 0 Å². The molecule has 8 aromatic heterocycles. The van der Waals surface area contributed by atoms with Crippen molar-refractivity contribution in [2.24, 2.45) is 11.8 Å². The molecule has 0 bridgehead atoms. The number of terminal acetylenes is 1. The van der Waals surface area contributed by atoms with Crippen molar-refractivity contribution in [3.8, 4) is 35.3 Å². The molecule has 374 valence electrons. The summed E-state index contributed by atoms with van der Waals surface area (Å²) in [6.07, 6.45) is 31.9. The summed E-state index contributed by atoms with van der Waals surface area (Å²) in [6.45, 7) is 13.3. The van der Waals surface area contributed by atoms with Gasteiger partial charge in [0.2, 0.25) is 0 Å². The van der Waals surface area contributed by atoms with Gasteiger partial charge in [0.25, 0.3) is 0 Å². The van der Waals surface area contributed by atoms with Crippen molar-refractivity contribution in [1.82, 2.24) is 37.5 Å². The fourth-order valence-electron chi connectivity index (χ4n) is 9.06. The van der Waals surface area contributed by atoms with Crippen molar-refractivity contribution >= 4 is 66.7 Å². The van der Waals surface area contributed by atoms with Crippen molar-refractivity contribution in [3.63, 3.8) is 0 Å². The first-order chi connectivity index (χ1) is 34.1. The van der Waals surface area contributed by atoms with Gasteiger partial charge in [-0.05, 0) is 102 Å². The lowest BCUT2D eigenvalue weighted by atomic mass is 9.83. The van der Waals surface area contributed by atoms with Crippen molar-refractivity contribution in [2.45, 2.75) is 123 Å². The van der Waals surface area contributed by atoms with E-state index in [9.17, 15) is 19.8 Å². The number of rotatable bonds is 6. The fraction of sp³-hybridized carbons (Fsp3) is 0.368. The van der Waals surface area contributed by atoms with Crippen molar-refractivity contribution in [2.75, 3.05) is 0 Å². The third-order valence-corrected chi connectivity index (χ3v) is 15.1. The van der Waals surface area contributed by atoms with Gasteiger partial charge in [0.1, 0.15) is 27.5 Å². The Morgan fingerprint density at radius 2 is 0.917 bits per heavy atom. The predicted molar refractivity (Wildman–Crippen MR) is 297 cm³/mol. The van der Waals surface area contributed by atoms with Gasteiger partial charge in [0.15, 0.2) is 12.6 Å². The van der Waals surface area contributed by atoms with E-state index in [-0.39, 0.29) is 7.43 Å². The van der Waals surface area contributed by atoms with Crippen LogP contribution in [0.2, 0.25) is 39.3 Å². The molecular formula is C57H67BrN8O4Si2. The summed E-state index contributed by atoms with van der Waals surface area (Å²) in [5, 5.41) is 21.8. The number of hydrogen-bond donors (Lipinski definition) is 2. The van der Waals surface area contributed by atoms with Crippen LogP contribution in [-0.4, -0.2) is 76.5 Å². The molecule has 2 aliphatic carbocycles. The van der Waals surface area contributed by atoms with Gasteiger partial charge in [-0.25, -0.2) is 19.9 Å². The van der Waals surface area contributed by atoms with Crippen LogP contribution in [0, 0.1) is 47.1 Å². The molecule has 2 unspecified atom stereocenters. The van der Waals surface area contributed by atoms with E-state index < -0.39 is 28.4 Å². The standard InChI is InChI=1S/C19H26N2OSi.C16H18N2O.C13H14N2OSi.C8H5BrN2O.CH4/c1-23(2,3)12-11-15-9-10-17-13-20-14-21(17)18(15)19(22)16-7-5-4-6-8-16;1-2-12-8-9-14-10-17-11-18(14)15(12)16(19)13-6-4-3-5-7-13;1-17(2,3)7-6-11-4-5-12-8-14-10-15(12)13(11)9-16;9-7-2-1-6-3-10-5-11(6)8(7)4-12;/h9-10,13-14,16,19,22H,4-8H2,1-3H3;1,8-11,13,16,19H,3-7H2;4-5,8-10H,1-3H3;1-5H;1H4. The molecule has 8 heterocycles. The molecule has 2 fully saturated rings. The average molecular weight is 1060 g/mol. The minimum Gasteiger partial charge on any atom is -0.387 e. The Balaban J connectivity index is 0.000000160. The van der Waals surface area contributed by atoms with Crippen molar-refractivity contribution in [1.29, 1.82) is 0 Å². The van der Waals surface area contributed by atoms with Crippen LogP contribution >= 0.6 is 15.9 Å². The number of halogens is 1. The number of aliphatic hydroxyl groups excluding tert-OH is 2. The number of fused-ring (bicyclic) bond motifs is 4. The maximum absolute atomic E-state index is 11.2. The lowest BCUT2D eigenvalue weighted by molar-refractivity contribution is 0.0798. The summed E-state index contributed by atoms with van der Waals surface area (Å²) in [5.74, 6) is 9.82. The molecule has 2 saturated carbocycles. The molecule has 8 aromatic rings. The van der Waals surface area contributed by atoms with Gasteiger partial charge in [0.05, 0.1) is 101 Å². The SMILES string of the molecule is C.C#Cc1ccc2cncn2c1C(O)C1CCCCC1.C[Si](C)(C)C#Cc1ccc2cncn2c1C(O)C1CCCCC1.C[Si](C)(C)C#Cc1ccc2cncn2c1C=O.O=Cc1c(Br)ccc2cncn12. The summed E-state index contributed by atoms with van der Waals surface area (Å²) in [6, 6.07) is 15.5. The molecule has 0 amide bonds. The Hall–Kier alpha value is -6.39. The first-order valence-electron chi connectivity index (χ1n) is 24.4. The number of imidazole rings is 4. The first kappa shape index (κ1) is 54.9. The number of hydrogen-bond acceptors (Lipinski definition) is 8. The number of aliphatic hydroxyl groups is 2. The predicted octanol–water partition coefficient (Wildman–Crippen LogP) is 12.0. The fourth-order valence-corrected chi connectivity index (χ4v) is 10.5. The van der Waals surface area contributed by atoms with Crippen LogP contribution in [0.3, 0.4) is 0 Å². The van der Waals surface area contributed by atoms with E-state index in [0.29, 0.717) is 23.2 Å². The Bertz CT molecular complexity index is 3300. The molecule has 72 heavy (non-hydrogen) atoms. The Kier molecular flexibility index (Phi) is 18.9. The summed E-state index contributed by atoms with van der Waals surface area (Å²) >= 11 is 3.28. The summed E-state index contributed by atoms with van der Waals surface area (Å²) in [5.41, 5.74) is 15.9. The number of nitrogens with zero attached hydrogens (tertiary/aromatic N) is 8. The smallest absolute Gasteiger partial charge is 0.168 e. The highest BCUT2D eigenvalue weighted by atomic mass is 79.9. The summed E-state index contributed by atoms with van der Waals surface area (Å²) < 4.78 is 8.23. The lowest BCUT2D eigenvalue weighted by Gasteiger charge is -2.28. The normalized spacial score (nSPS) is 14.8. The minimum atomic E-state index is -1.46. The molecule has 0 aliphatic heterocycles. The van der Waals surface area contributed by atoms with Gasteiger partial charge in [-0.3, -0.25) is 27.2 Å². The van der Waals surface area contributed by atoms with Crippen LogP contribution in [0.25, 0.3) is 22.1 Å². The Morgan fingerprint density at radius 3 is 1.35 bits per heavy atom. The van der Waals surface area contributed by atoms with Crippen molar-refractivity contribution < 1.29 is 19.8 Å². The molecule has 15 heteroatoms. The molecule has 12 nitrogen and oxygen atoms in total. The van der Waals surface area contributed by atoms with Crippen LogP contribution in [0.5, 0.6) is 0 Å². The highest BCUT2D eigenvalue weighted by Crippen LogP contribution is 2.37. The monoisotopic (exact) mass is 1060 g/mol. The first-order valence-corrected chi connectivity index (χ1v) is 32.1. The Morgan fingerprint density at radius 1 is 0.556 bits per heavy atom. The zero-order valence-electron chi connectivity index (χ0n) is 41.5. The number of aromatic nitrogens is 8. The third kappa shape index (κ3) is 13.6. The molecule has 10 rings (SSSR count). The summed E-state index contributed by atoms with van der Waals surface area (Å²) in [4.78, 5) is 38.2. The maximum Gasteiger partial charge on any atom is 0.168 e. The molecular weight excluding hydrogens is 997 g/mol. The van der Waals surface area contributed by atoms with Crippen LogP contribution < -0.4 is 0 Å². The highest BCUT2D eigenvalue weighted by Gasteiger charge is 2.28. The number of aldehydes is 2. The van der Waals surface area contributed by atoms with Crippen LogP contribution in [0.15, 0.2) is 103 Å². The van der Waals surface area contributed by atoms with Crippen LogP contribution in [0.4, 0.5) is 0 Å². The number of pyridine rings is 4. The van der Waals surface area contributed by atoms with Crippen LogP contribution in [0.1, 0.15) is 133 Å². The van der Waals surface area contributed by atoms with E-state index in [2.05, 4.69) is 104 Å². The second-order valence-corrected chi connectivity index (χ2v) is 30.6. The van der Waals surface area contributed by atoms with E-state index in [1.54, 1.807) is 52.7 Å².